The maximum Gasteiger partial charge on any atom is 0.316 e. The van der Waals surface area contributed by atoms with E-state index in [4.69, 9.17) is 9.47 Å². The standard InChI is InChI=1S/C26H36O5/c1-24(2,22(28)30-21-8-6-20(27)7-9-21)15-25(3,4)23(29)31-26(5)18-11-16-10-17(13-18)14-19(26)12-16/h6-9,16-19,27H,10-15H2,1-5H3. The van der Waals surface area contributed by atoms with Gasteiger partial charge >= 0.3 is 11.9 Å². The minimum absolute atomic E-state index is 0.112. The lowest BCUT2D eigenvalue weighted by molar-refractivity contribution is -0.212. The third kappa shape index (κ3) is 4.20. The first kappa shape index (κ1) is 22.2. The summed E-state index contributed by atoms with van der Waals surface area (Å²) >= 11 is 0. The van der Waals surface area contributed by atoms with Crippen molar-refractivity contribution in [2.45, 2.75) is 78.7 Å². The van der Waals surface area contributed by atoms with E-state index in [0.717, 1.165) is 11.8 Å². The van der Waals surface area contributed by atoms with Crippen LogP contribution in [0.5, 0.6) is 11.5 Å². The van der Waals surface area contributed by atoms with Crippen molar-refractivity contribution in [1.82, 2.24) is 0 Å². The highest BCUT2D eigenvalue weighted by Gasteiger charge is 2.58. The Morgan fingerprint density at radius 1 is 0.903 bits per heavy atom. The molecule has 0 aromatic heterocycles. The second-order valence-corrected chi connectivity index (χ2v) is 11.7. The van der Waals surface area contributed by atoms with Crippen molar-refractivity contribution in [3.05, 3.63) is 24.3 Å². The fourth-order valence-electron chi connectivity index (χ4n) is 6.63. The molecule has 0 saturated heterocycles. The molecule has 4 aliphatic rings. The van der Waals surface area contributed by atoms with Gasteiger partial charge in [-0.15, -0.1) is 0 Å². The van der Waals surface area contributed by atoms with Crippen LogP contribution in [0.2, 0.25) is 0 Å². The quantitative estimate of drug-likeness (QED) is 0.478. The van der Waals surface area contributed by atoms with Gasteiger partial charge in [-0.2, -0.15) is 0 Å². The first-order valence-electron chi connectivity index (χ1n) is 11.6. The predicted molar refractivity (Wildman–Crippen MR) is 117 cm³/mol. The van der Waals surface area contributed by atoms with Crippen LogP contribution < -0.4 is 4.74 Å². The topological polar surface area (TPSA) is 72.8 Å². The number of phenols is 1. The Labute approximate surface area is 185 Å². The second-order valence-electron chi connectivity index (χ2n) is 11.7. The molecule has 5 nitrogen and oxygen atoms in total. The van der Waals surface area contributed by atoms with Crippen molar-refractivity contribution in [3.8, 4) is 11.5 Å². The lowest BCUT2D eigenvalue weighted by Crippen LogP contribution is -2.59. The van der Waals surface area contributed by atoms with Crippen molar-refractivity contribution in [3.63, 3.8) is 0 Å². The number of rotatable bonds is 6. The average molecular weight is 429 g/mol. The highest BCUT2D eigenvalue weighted by Crippen LogP contribution is 2.59. The van der Waals surface area contributed by atoms with Gasteiger partial charge in [0, 0.05) is 0 Å². The summed E-state index contributed by atoms with van der Waals surface area (Å²) in [6, 6.07) is 6.05. The zero-order valence-electron chi connectivity index (χ0n) is 19.4. The summed E-state index contributed by atoms with van der Waals surface area (Å²) < 4.78 is 11.8. The molecular weight excluding hydrogens is 392 g/mol. The summed E-state index contributed by atoms with van der Waals surface area (Å²) in [5.74, 6) is 2.44. The number of aromatic hydroxyl groups is 1. The number of hydrogen-bond acceptors (Lipinski definition) is 5. The van der Waals surface area contributed by atoms with Crippen LogP contribution in [0, 0.1) is 34.5 Å². The maximum absolute atomic E-state index is 13.4. The molecule has 5 rings (SSSR count). The molecule has 0 amide bonds. The molecule has 0 radical (unpaired) electrons. The molecule has 0 unspecified atom stereocenters. The summed E-state index contributed by atoms with van der Waals surface area (Å²) in [4.78, 5) is 26.2. The summed E-state index contributed by atoms with van der Waals surface area (Å²) in [5, 5.41) is 9.40. The van der Waals surface area contributed by atoms with Crippen molar-refractivity contribution in [1.29, 1.82) is 0 Å². The van der Waals surface area contributed by atoms with Crippen LogP contribution in [-0.2, 0) is 14.3 Å². The van der Waals surface area contributed by atoms with Crippen LogP contribution >= 0.6 is 0 Å². The Morgan fingerprint density at radius 3 is 1.90 bits per heavy atom. The first-order valence-corrected chi connectivity index (χ1v) is 11.6. The smallest absolute Gasteiger partial charge is 0.316 e. The van der Waals surface area contributed by atoms with Gasteiger partial charge in [-0.1, -0.05) is 0 Å². The molecule has 4 bridgehead atoms. The molecule has 4 saturated carbocycles. The van der Waals surface area contributed by atoms with Gasteiger partial charge in [-0.3, -0.25) is 9.59 Å². The van der Waals surface area contributed by atoms with Gasteiger partial charge < -0.3 is 14.6 Å². The van der Waals surface area contributed by atoms with Gasteiger partial charge in [0.25, 0.3) is 0 Å². The van der Waals surface area contributed by atoms with Gasteiger partial charge in [-0.05, 0) is 121 Å². The molecule has 0 aliphatic heterocycles. The number of ether oxygens (including phenoxy) is 2. The van der Waals surface area contributed by atoms with Crippen molar-refractivity contribution >= 4 is 11.9 Å². The third-order valence-corrected chi connectivity index (χ3v) is 8.11. The fourth-order valence-corrected chi connectivity index (χ4v) is 6.63. The first-order chi connectivity index (χ1) is 14.4. The van der Waals surface area contributed by atoms with Crippen LogP contribution in [-0.4, -0.2) is 22.6 Å². The van der Waals surface area contributed by atoms with Crippen LogP contribution in [0.4, 0.5) is 0 Å². The number of hydrogen-bond donors (Lipinski definition) is 1. The zero-order chi connectivity index (χ0) is 22.6. The van der Waals surface area contributed by atoms with Gasteiger partial charge in [-0.25, -0.2) is 0 Å². The van der Waals surface area contributed by atoms with E-state index in [1.54, 1.807) is 26.0 Å². The average Bonchev–Trinajstić information content (AvgIpc) is 2.66. The molecule has 1 N–H and O–H groups in total. The fraction of sp³-hybridized carbons (Fsp3) is 0.692. The number of benzene rings is 1. The Bertz CT molecular complexity index is 823. The largest absolute Gasteiger partial charge is 0.508 e. The Kier molecular flexibility index (Phi) is 5.38. The summed E-state index contributed by atoms with van der Waals surface area (Å²) in [6.45, 7) is 9.48. The van der Waals surface area contributed by atoms with E-state index in [1.165, 1.54) is 44.2 Å². The Balaban J connectivity index is 1.41. The highest BCUT2D eigenvalue weighted by molar-refractivity contribution is 5.81. The molecule has 0 spiro atoms. The van der Waals surface area contributed by atoms with Gasteiger partial charge in [0.2, 0.25) is 0 Å². The minimum Gasteiger partial charge on any atom is -0.508 e. The molecule has 170 valence electrons. The molecule has 5 heteroatoms. The molecular formula is C26H36O5. The van der Waals surface area contributed by atoms with Crippen LogP contribution in [0.15, 0.2) is 24.3 Å². The minimum atomic E-state index is -0.870. The summed E-state index contributed by atoms with van der Waals surface area (Å²) in [7, 11) is 0. The van der Waals surface area contributed by atoms with E-state index >= 15 is 0 Å². The molecule has 31 heavy (non-hydrogen) atoms. The molecule has 0 atom stereocenters. The third-order valence-electron chi connectivity index (χ3n) is 8.11. The van der Waals surface area contributed by atoms with E-state index in [9.17, 15) is 14.7 Å². The molecule has 0 heterocycles. The Morgan fingerprint density at radius 2 is 1.39 bits per heavy atom. The van der Waals surface area contributed by atoms with Gasteiger partial charge in [0.1, 0.15) is 17.1 Å². The zero-order valence-corrected chi connectivity index (χ0v) is 19.4. The van der Waals surface area contributed by atoms with Crippen molar-refractivity contribution in [2.75, 3.05) is 0 Å². The number of carbonyl (C=O) groups is 2. The van der Waals surface area contributed by atoms with E-state index < -0.39 is 16.8 Å². The molecule has 1 aromatic rings. The summed E-state index contributed by atoms with van der Waals surface area (Å²) in [5.41, 5.74) is -2.06. The normalized spacial score (nSPS) is 32.0. The highest BCUT2D eigenvalue weighted by atomic mass is 16.6. The van der Waals surface area contributed by atoms with Crippen LogP contribution in [0.3, 0.4) is 0 Å². The second kappa shape index (κ2) is 7.53. The lowest BCUT2D eigenvalue weighted by Gasteiger charge is -2.59. The number of esters is 2. The van der Waals surface area contributed by atoms with E-state index in [2.05, 4.69) is 6.92 Å². The number of phenolic OH excluding ortho intramolecular Hbond substituents is 1. The summed E-state index contributed by atoms with van der Waals surface area (Å²) in [6.07, 6.45) is 6.42. The van der Waals surface area contributed by atoms with E-state index in [0.29, 0.717) is 24.0 Å². The van der Waals surface area contributed by atoms with E-state index in [1.807, 2.05) is 13.8 Å². The Hall–Kier alpha value is -2.04. The maximum atomic E-state index is 13.4. The SMILES string of the molecule is CC(C)(CC(C)(C)C(=O)OC1(C)C2CC3CC(C2)CC1C3)C(=O)Oc1ccc(O)cc1. The molecule has 4 fully saturated rings. The predicted octanol–water partition coefficient (Wildman–Crippen LogP) is 5.50. The van der Waals surface area contributed by atoms with Crippen molar-refractivity contribution < 1.29 is 24.2 Å². The lowest BCUT2D eigenvalue weighted by atomic mass is 9.50. The molecule has 4 aliphatic carbocycles. The van der Waals surface area contributed by atoms with E-state index in [-0.39, 0.29) is 17.3 Å². The van der Waals surface area contributed by atoms with Gasteiger partial charge in [0.15, 0.2) is 0 Å². The monoisotopic (exact) mass is 428 g/mol. The van der Waals surface area contributed by atoms with Crippen LogP contribution in [0.25, 0.3) is 0 Å². The van der Waals surface area contributed by atoms with Crippen molar-refractivity contribution in [2.24, 2.45) is 34.5 Å². The number of carbonyl (C=O) groups excluding carboxylic acids is 2. The van der Waals surface area contributed by atoms with Gasteiger partial charge in [0.05, 0.1) is 10.8 Å². The van der Waals surface area contributed by atoms with Crippen LogP contribution in [0.1, 0.15) is 73.1 Å². The molecule has 1 aromatic carbocycles.